The fraction of sp³-hybridized carbons (Fsp3) is 0.286. The van der Waals surface area contributed by atoms with E-state index in [4.69, 9.17) is 14.2 Å². The maximum Gasteiger partial charge on any atom is 0.269 e. The van der Waals surface area contributed by atoms with Gasteiger partial charge in [-0.15, -0.1) is 0 Å². The Labute approximate surface area is 161 Å². The lowest BCUT2D eigenvalue weighted by Crippen LogP contribution is -2.35. The van der Waals surface area contributed by atoms with Gasteiger partial charge in [0.2, 0.25) is 11.6 Å². The van der Waals surface area contributed by atoms with Crippen molar-refractivity contribution in [2.45, 2.75) is 6.54 Å². The van der Waals surface area contributed by atoms with E-state index in [1.54, 1.807) is 12.1 Å². The Morgan fingerprint density at radius 2 is 1.86 bits per heavy atom. The van der Waals surface area contributed by atoms with Crippen LogP contribution in [-0.4, -0.2) is 55.7 Å². The predicted molar refractivity (Wildman–Crippen MR) is 98.8 cm³/mol. The molecule has 144 valence electrons. The molecule has 0 amide bonds. The molecule has 0 radical (unpaired) electrons. The number of carbonyl (C=O) groups excluding carboxylic acids is 3. The minimum absolute atomic E-state index is 0.0840. The molecular weight excluding hydrogens is 362 g/mol. The highest BCUT2D eigenvalue weighted by molar-refractivity contribution is 6.50. The van der Waals surface area contributed by atoms with Crippen LogP contribution in [0.5, 0.6) is 5.75 Å². The fourth-order valence-electron chi connectivity index (χ4n) is 3.34. The average molecular weight is 381 g/mol. The van der Waals surface area contributed by atoms with E-state index in [2.05, 4.69) is 4.90 Å². The van der Waals surface area contributed by atoms with Gasteiger partial charge in [0.15, 0.2) is 11.5 Å². The highest BCUT2D eigenvalue weighted by atomic mass is 16.5. The first-order chi connectivity index (χ1) is 13.6. The number of ether oxygens (including phenoxy) is 3. The van der Waals surface area contributed by atoms with Crippen LogP contribution in [0, 0.1) is 0 Å². The Kier molecular flexibility index (Phi) is 4.93. The van der Waals surface area contributed by atoms with E-state index >= 15 is 0 Å². The van der Waals surface area contributed by atoms with E-state index in [-0.39, 0.29) is 22.9 Å². The monoisotopic (exact) mass is 381 g/mol. The van der Waals surface area contributed by atoms with Gasteiger partial charge in [-0.3, -0.25) is 19.3 Å². The van der Waals surface area contributed by atoms with Crippen molar-refractivity contribution < 1.29 is 28.6 Å². The third kappa shape index (κ3) is 3.42. The van der Waals surface area contributed by atoms with Crippen LogP contribution in [0.25, 0.3) is 0 Å². The first kappa shape index (κ1) is 18.3. The molecule has 7 heteroatoms. The Hall–Kier alpha value is -3.03. The van der Waals surface area contributed by atoms with Crippen molar-refractivity contribution in [3.63, 3.8) is 0 Å². The number of rotatable bonds is 3. The van der Waals surface area contributed by atoms with E-state index in [0.717, 1.165) is 18.7 Å². The molecule has 2 aliphatic heterocycles. The second-order valence-corrected chi connectivity index (χ2v) is 6.67. The molecule has 0 atom stereocenters. The van der Waals surface area contributed by atoms with Crippen LogP contribution in [0.4, 0.5) is 0 Å². The molecule has 0 N–H and O–H groups in total. The average Bonchev–Trinajstić information content (AvgIpc) is 2.72. The number of carbonyl (C=O) groups is 3. The van der Waals surface area contributed by atoms with Crippen molar-refractivity contribution in [1.29, 1.82) is 0 Å². The first-order valence-corrected chi connectivity index (χ1v) is 8.99. The number of fused-ring (bicyclic) bond motifs is 1. The van der Waals surface area contributed by atoms with Crippen LogP contribution < -0.4 is 4.74 Å². The van der Waals surface area contributed by atoms with Crippen molar-refractivity contribution in [3.05, 3.63) is 64.6 Å². The quantitative estimate of drug-likeness (QED) is 0.581. The maximum atomic E-state index is 12.6. The molecule has 4 rings (SSSR count). The summed E-state index contributed by atoms with van der Waals surface area (Å²) in [5, 5.41) is 0. The third-order valence-corrected chi connectivity index (χ3v) is 4.85. The molecular formula is C21H19NO6. The van der Waals surface area contributed by atoms with Crippen LogP contribution in [0.2, 0.25) is 0 Å². The van der Waals surface area contributed by atoms with Crippen LogP contribution in [0.3, 0.4) is 0 Å². The molecule has 0 bridgehead atoms. The minimum Gasteiger partial charge on any atom is -0.493 e. The zero-order chi connectivity index (χ0) is 19.7. The summed E-state index contributed by atoms with van der Waals surface area (Å²) < 4.78 is 16.2. The zero-order valence-electron chi connectivity index (χ0n) is 15.4. The Morgan fingerprint density at radius 3 is 2.61 bits per heavy atom. The molecule has 0 aromatic heterocycles. The molecule has 1 aliphatic carbocycles. The molecule has 28 heavy (non-hydrogen) atoms. The van der Waals surface area contributed by atoms with Crippen molar-refractivity contribution in [3.8, 4) is 5.75 Å². The lowest BCUT2D eigenvalue weighted by atomic mass is 9.96. The predicted octanol–water partition coefficient (Wildman–Crippen LogP) is 1.59. The number of benzene rings is 1. The van der Waals surface area contributed by atoms with Gasteiger partial charge in [0.25, 0.3) is 5.78 Å². The molecule has 0 spiro atoms. The van der Waals surface area contributed by atoms with Gasteiger partial charge in [0.05, 0.1) is 25.9 Å². The second kappa shape index (κ2) is 7.53. The standard InChI is InChI=1S/C21H19NO6/c1-26-18-11-14(3-5-16(18)23)21-20(25)19(24)15-4-2-13(10-17(15)28-21)12-22-6-8-27-9-7-22/h2-5,10-11H,6-9,12H2,1H3. The summed E-state index contributed by atoms with van der Waals surface area (Å²) in [7, 11) is 1.37. The van der Waals surface area contributed by atoms with Gasteiger partial charge in [-0.1, -0.05) is 6.07 Å². The number of hydrogen-bond acceptors (Lipinski definition) is 7. The molecule has 1 aromatic rings. The molecule has 1 aromatic carbocycles. The minimum atomic E-state index is -0.742. The lowest BCUT2D eigenvalue weighted by Gasteiger charge is -2.27. The fourth-order valence-corrected chi connectivity index (χ4v) is 3.34. The van der Waals surface area contributed by atoms with Gasteiger partial charge < -0.3 is 14.2 Å². The number of methoxy groups -OCH3 is 1. The molecule has 3 aliphatic rings. The van der Waals surface area contributed by atoms with E-state index in [1.807, 2.05) is 6.07 Å². The molecule has 7 nitrogen and oxygen atoms in total. The highest BCUT2D eigenvalue weighted by Crippen LogP contribution is 2.32. The van der Waals surface area contributed by atoms with Crippen molar-refractivity contribution in [1.82, 2.24) is 4.90 Å². The number of nitrogens with zero attached hydrogens (tertiary/aromatic N) is 1. The molecule has 2 heterocycles. The van der Waals surface area contributed by atoms with Crippen LogP contribution >= 0.6 is 0 Å². The van der Waals surface area contributed by atoms with Crippen molar-refractivity contribution in [2.24, 2.45) is 0 Å². The van der Waals surface area contributed by atoms with Gasteiger partial charge >= 0.3 is 0 Å². The number of Topliss-reactive ketones (excluding diaryl/α,β-unsaturated/α-hetero) is 2. The Balaban J connectivity index is 1.66. The summed E-state index contributed by atoms with van der Waals surface area (Å²) in [5.74, 6) is -1.35. The Bertz CT molecular complexity index is 950. The molecule has 0 unspecified atom stereocenters. The van der Waals surface area contributed by atoms with Crippen molar-refractivity contribution >= 4 is 17.3 Å². The Morgan fingerprint density at radius 1 is 1.07 bits per heavy atom. The van der Waals surface area contributed by atoms with Gasteiger partial charge in [-0.25, -0.2) is 0 Å². The highest BCUT2D eigenvalue weighted by Gasteiger charge is 2.34. The topological polar surface area (TPSA) is 82.1 Å². The second-order valence-electron chi connectivity index (χ2n) is 6.67. The number of hydrogen-bond donors (Lipinski definition) is 0. The summed E-state index contributed by atoms with van der Waals surface area (Å²) in [6, 6.07) is 5.25. The third-order valence-electron chi connectivity index (χ3n) is 4.85. The van der Waals surface area contributed by atoms with Gasteiger partial charge in [0.1, 0.15) is 5.75 Å². The van der Waals surface area contributed by atoms with Gasteiger partial charge in [-0.2, -0.15) is 0 Å². The zero-order valence-corrected chi connectivity index (χ0v) is 15.4. The van der Waals surface area contributed by atoms with Gasteiger partial charge in [-0.05, 0) is 35.9 Å². The lowest BCUT2D eigenvalue weighted by molar-refractivity contribution is -0.115. The summed E-state index contributed by atoms with van der Waals surface area (Å²) in [6.07, 6.45) is 4.14. The summed E-state index contributed by atoms with van der Waals surface area (Å²) in [4.78, 5) is 39.1. The smallest absolute Gasteiger partial charge is 0.269 e. The van der Waals surface area contributed by atoms with E-state index in [1.165, 1.54) is 25.3 Å². The van der Waals surface area contributed by atoms with Crippen LogP contribution in [0.15, 0.2) is 53.5 Å². The van der Waals surface area contributed by atoms with E-state index in [9.17, 15) is 14.4 Å². The van der Waals surface area contributed by atoms with Gasteiger partial charge in [0, 0.05) is 25.2 Å². The summed E-state index contributed by atoms with van der Waals surface area (Å²) in [5.41, 5.74) is 1.56. The SMILES string of the molecule is COC1=CC(=C2Oc3cc(CN4CCOCC4)ccc3C(=O)C2=O)C=CC1=O. The summed E-state index contributed by atoms with van der Waals surface area (Å²) >= 11 is 0. The normalized spacial score (nSPS) is 22.6. The number of allylic oxidation sites excluding steroid dienone is 5. The van der Waals surface area contributed by atoms with Crippen LogP contribution in [0.1, 0.15) is 15.9 Å². The molecule has 0 saturated carbocycles. The molecule has 1 saturated heterocycles. The summed E-state index contributed by atoms with van der Waals surface area (Å²) in [6.45, 7) is 3.78. The van der Waals surface area contributed by atoms with Crippen LogP contribution in [-0.2, 0) is 25.6 Å². The van der Waals surface area contributed by atoms with Crippen molar-refractivity contribution in [2.75, 3.05) is 33.4 Å². The first-order valence-electron chi connectivity index (χ1n) is 8.99. The largest absolute Gasteiger partial charge is 0.493 e. The number of morpholine rings is 1. The number of ketones is 3. The van der Waals surface area contributed by atoms with E-state index in [0.29, 0.717) is 31.1 Å². The maximum absolute atomic E-state index is 12.6. The molecule has 1 fully saturated rings. The van der Waals surface area contributed by atoms with E-state index < -0.39 is 11.6 Å².